The molecule has 17 nitrogen and oxygen atoms in total. The summed E-state index contributed by atoms with van der Waals surface area (Å²) in [6.45, 7) is 15.6. The van der Waals surface area contributed by atoms with Gasteiger partial charge in [-0.2, -0.15) is 0 Å². The van der Waals surface area contributed by atoms with Crippen molar-refractivity contribution in [3.63, 3.8) is 0 Å². The van der Waals surface area contributed by atoms with Gasteiger partial charge in [-0.15, -0.1) is 6.58 Å². The number of morpholine rings is 1. The van der Waals surface area contributed by atoms with Gasteiger partial charge in [-0.3, -0.25) is 24.0 Å². The van der Waals surface area contributed by atoms with E-state index in [1.54, 1.807) is 0 Å². The van der Waals surface area contributed by atoms with Gasteiger partial charge in [0.15, 0.2) is 0 Å². The van der Waals surface area contributed by atoms with Crippen LogP contribution < -0.4 is 24.8 Å². The summed E-state index contributed by atoms with van der Waals surface area (Å²) >= 11 is 0. The van der Waals surface area contributed by atoms with Crippen molar-refractivity contribution in [3.8, 4) is 11.6 Å². The fourth-order valence-electron chi connectivity index (χ4n) is 10.1. The van der Waals surface area contributed by atoms with E-state index in [2.05, 4.69) is 26.8 Å². The van der Waals surface area contributed by atoms with Gasteiger partial charge in [-0.25, -0.2) is 18.2 Å². The fraction of sp³-hybridized carbons (Fsp3) is 0.688. The van der Waals surface area contributed by atoms with Crippen LogP contribution in [0, 0.1) is 22.7 Å². The summed E-state index contributed by atoms with van der Waals surface area (Å²) in [5.74, 6) is -1.70. The third kappa shape index (κ3) is 10.6. The van der Waals surface area contributed by atoms with Gasteiger partial charge in [0, 0.05) is 55.8 Å². The maximum absolute atomic E-state index is 15.0. The van der Waals surface area contributed by atoms with E-state index in [4.69, 9.17) is 28.7 Å². The molecule has 3 saturated carbocycles. The summed E-state index contributed by atoms with van der Waals surface area (Å²) < 4.78 is 59.4. The number of pyridine rings is 1. The molecule has 3 aliphatic heterocycles. The number of rotatable bonds is 13. The molecule has 0 radical (unpaired) electrons. The van der Waals surface area contributed by atoms with Crippen LogP contribution >= 0.6 is 0 Å². The first-order chi connectivity index (χ1) is 31.4. The van der Waals surface area contributed by atoms with Crippen molar-refractivity contribution in [1.29, 1.82) is 0 Å². The van der Waals surface area contributed by atoms with E-state index in [-0.39, 0.29) is 37.7 Å². The smallest absolute Gasteiger partial charge is 0.408 e. The second kappa shape index (κ2) is 18.9. The van der Waals surface area contributed by atoms with Crippen molar-refractivity contribution < 1.29 is 51.3 Å². The number of sulfonamides is 1. The van der Waals surface area contributed by atoms with Gasteiger partial charge in [0.2, 0.25) is 27.7 Å². The number of nitrogens with one attached hydrogen (secondary N) is 3. The molecule has 7 atom stereocenters. The van der Waals surface area contributed by atoms with Crippen LogP contribution in [0.2, 0.25) is 0 Å². The lowest BCUT2D eigenvalue weighted by Gasteiger charge is -2.35. The zero-order valence-corrected chi connectivity index (χ0v) is 40.0. The van der Waals surface area contributed by atoms with Crippen molar-refractivity contribution in [2.45, 2.75) is 121 Å². The molecule has 4 amide bonds. The van der Waals surface area contributed by atoms with Crippen LogP contribution in [0.4, 0.5) is 4.79 Å². The summed E-state index contributed by atoms with van der Waals surface area (Å²) in [5, 5.41) is 6.59. The Morgan fingerprint density at radius 3 is 2.55 bits per heavy atom. The van der Waals surface area contributed by atoms with E-state index >= 15 is 4.79 Å². The number of fused-ring (bicyclic) bond motifs is 5. The fourth-order valence-corrected chi connectivity index (χ4v) is 11.9. The van der Waals surface area contributed by atoms with Gasteiger partial charge < -0.3 is 39.2 Å². The van der Waals surface area contributed by atoms with Gasteiger partial charge >= 0.3 is 6.09 Å². The third-order valence-electron chi connectivity index (χ3n) is 14.5. The van der Waals surface area contributed by atoms with E-state index < -0.39 is 79.9 Å². The molecule has 6 aliphatic rings. The number of para-hydroxylation sites is 1. The average Bonchev–Trinajstić information content (AvgIpc) is 4.22. The molecule has 66 heavy (non-hydrogen) atoms. The van der Waals surface area contributed by atoms with Crippen LogP contribution in [0.25, 0.3) is 10.9 Å². The molecule has 3 aliphatic carbocycles. The van der Waals surface area contributed by atoms with Gasteiger partial charge in [-0.05, 0) is 69.4 Å². The highest BCUT2D eigenvalue weighted by Gasteiger charge is 2.62. The quantitative estimate of drug-likeness (QED) is 0.241. The topological polar surface area (TPSA) is 204 Å². The number of methoxy groups -OCH3 is 1. The first-order valence-corrected chi connectivity index (χ1v) is 25.3. The molecule has 1 aromatic carbocycles. The highest BCUT2D eigenvalue weighted by molar-refractivity contribution is 7.90. The summed E-state index contributed by atoms with van der Waals surface area (Å²) in [7, 11) is -2.60. The predicted octanol–water partition coefficient (Wildman–Crippen LogP) is 4.26. The summed E-state index contributed by atoms with van der Waals surface area (Å²) in [4.78, 5) is 66.2. The second-order valence-corrected chi connectivity index (χ2v) is 22.5. The molecular weight excluding hydrogens is 869 g/mol. The average molecular weight is 937 g/mol. The van der Waals surface area contributed by atoms with Crippen molar-refractivity contribution in [2.24, 2.45) is 22.7 Å². The molecule has 18 heteroatoms. The van der Waals surface area contributed by atoms with Gasteiger partial charge in [0.1, 0.15) is 41.7 Å². The highest BCUT2D eigenvalue weighted by Crippen LogP contribution is 2.50. The number of nitrogens with zero attached hydrogens (tertiary/aromatic N) is 3. The normalized spacial score (nSPS) is 30.3. The number of hydrogen-bond donors (Lipinski definition) is 3. The number of alkyl carbamates (subject to hydrolysis) is 1. The molecule has 2 bridgehead atoms. The monoisotopic (exact) mass is 936 g/mol. The van der Waals surface area contributed by atoms with Crippen molar-refractivity contribution in [1.82, 2.24) is 30.1 Å². The summed E-state index contributed by atoms with van der Waals surface area (Å²) in [6.07, 6.45) is 6.33. The van der Waals surface area contributed by atoms with Crippen LogP contribution in [-0.2, 0) is 45.0 Å². The first-order valence-electron chi connectivity index (χ1n) is 23.7. The number of aromatic nitrogens is 1. The lowest BCUT2D eigenvalue weighted by atomic mass is 9.85. The second-order valence-electron chi connectivity index (χ2n) is 20.8. The van der Waals surface area contributed by atoms with Crippen LogP contribution in [0.3, 0.4) is 0 Å². The van der Waals surface area contributed by atoms with Gasteiger partial charge in [0.25, 0.3) is 5.91 Å². The molecule has 8 rings (SSSR count). The number of ether oxygens (including phenoxy) is 5. The van der Waals surface area contributed by atoms with Crippen LogP contribution in [0.5, 0.6) is 11.6 Å². The summed E-state index contributed by atoms with van der Waals surface area (Å²) in [6, 6.07) is 5.46. The highest BCUT2D eigenvalue weighted by atomic mass is 32.2. The Balaban J connectivity index is 1.12. The maximum atomic E-state index is 15.0. The van der Waals surface area contributed by atoms with Gasteiger partial charge in [-0.1, -0.05) is 51.8 Å². The van der Waals surface area contributed by atoms with Crippen molar-refractivity contribution >= 4 is 44.7 Å². The number of benzene rings is 1. The molecule has 5 fully saturated rings. The minimum Gasteiger partial charge on any atom is -0.491 e. The molecule has 3 N–H and O–H groups in total. The van der Waals surface area contributed by atoms with Crippen LogP contribution in [0.1, 0.15) is 91.0 Å². The number of amides is 4. The van der Waals surface area contributed by atoms with E-state index in [0.717, 1.165) is 49.7 Å². The number of carbonyl (C=O) groups is 4. The van der Waals surface area contributed by atoms with Gasteiger partial charge in [0.05, 0.1) is 43.2 Å². The molecule has 0 unspecified atom stereocenters. The molecule has 0 spiro atoms. The molecule has 2 aromatic rings. The standard InChI is InChI=1S/C48H68N6O11S/c1-7-31-27-48(31,43(57)52-66(59,60)30-47(17-18-47)29-61-6)51-40(55)37-25-33-28-54(37)42(56)39(45(2,3)4)50-44(58)65-46(5)26-32(46)13-9-8-10-15-35-38(63-24-21-53-19-22-62-23-20-53)34-14-11-12-16-36(34)49-41(35)64-33/h7,11-12,14,16,31-33,37,39H,1,8-10,13,15,17-30H2,2-6H3,(H,50,58)(H,51,55)(H,52,57)/t31-,32-,33-,37+,39-,46-,48-/m1/s1. The van der Waals surface area contributed by atoms with E-state index in [1.807, 2.05) is 52.0 Å². The Morgan fingerprint density at radius 1 is 1.09 bits per heavy atom. The maximum Gasteiger partial charge on any atom is 0.408 e. The Labute approximate surface area is 388 Å². The third-order valence-corrected chi connectivity index (χ3v) is 16.0. The lowest BCUT2D eigenvalue weighted by Crippen LogP contribution is -2.60. The summed E-state index contributed by atoms with van der Waals surface area (Å²) in [5.41, 5.74) is -2.19. The first kappa shape index (κ1) is 48.0. The number of carbonyl (C=O) groups excluding carboxylic acids is 4. The molecule has 2 saturated heterocycles. The molecule has 1 aromatic heterocycles. The predicted molar refractivity (Wildman–Crippen MR) is 245 cm³/mol. The Morgan fingerprint density at radius 2 is 1.85 bits per heavy atom. The number of hydrogen-bond acceptors (Lipinski definition) is 13. The molecule has 4 heterocycles. The Hall–Kier alpha value is -4.52. The lowest BCUT2D eigenvalue weighted by molar-refractivity contribution is -0.143. The minimum absolute atomic E-state index is 0.00803. The minimum atomic E-state index is -4.11. The Bertz CT molecular complexity index is 2290. The van der Waals surface area contributed by atoms with E-state index in [9.17, 15) is 22.8 Å². The SMILES string of the molecule is C=C[C@@H]1C[C@]1(NC(=O)[C@@H]1C[C@@H]2CN1C(=O)[C@H](C(C)(C)C)NC(=O)O[C@]1(C)C[C@H]1CCCCCc1c(nc3ccccc3c1OCCN1CCOCC1)O2)C(=O)NS(=O)(=O)CC1(COC)CC1. The van der Waals surface area contributed by atoms with Crippen molar-refractivity contribution in [3.05, 3.63) is 42.5 Å². The Kier molecular flexibility index (Phi) is 13.7. The molecule has 362 valence electrons. The van der Waals surface area contributed by atoms with E-state index in [0.29, 0.717) is 69.2 Å². The zero-order valence-electron chi connectivity index (χ0n) is 39.2. The van der Waals surface area contributed by atoms with Crippen LogP contribution in [-0.4, -0.2) is 142 Å². The largest absolute Gasteiger partial charge is 0.491 e. The van der Waals surface area contributed by atoms with E-state index in [1.165, 1.54) is 18.1 Å². The molecular formula is C48H68N6O11S. The zero-order chi connectivity index (χ0) is 47.1. The van der Waals surface area contributed by atoms with Crippen molar-refractivity contribution in [2.75, 3.05) is 65.5 Å². The van der Waals surface area contributed by atoms with Crippen LogP contribution in [0.15, 0.2) is 36.9 Å².